The number of aromatic hydroxyl groups is 2. The maximum absolute atomic E-state index is 13.6. The second kappa shape index (κ2) is 6.89. The zero-order valence-electron chi connectivity index (χ0n) is 19.9. The largest absolute Gasteiger partial charge is 0.504 e. The van der Waals surface area contributed by atoms with Crippen LogP contribution >= 0.6 is 0 Å². The number of nitrogens with zero attached hydrogens (tertiary/aromatic N) is 3. The van der Waals surface area contributed by atoms with Crippen molar-refractivity contribution in [3.05, 3.63) is 56.6 Å². The Morgan fingerprint density at radius 2 is 2.06 bits per heavy atom. The Morgan fingerprint density at radius 3 is 2.78 bits per heavy atom. The molecule has 10 heteroatoms. The first-order valence-corrected chi connectivity index (χ1v) is 12.5. The van der Waals surface area contributed by atoms with Crippen LogP contribution in [-0.2, 0) is 18.3 Å². The molecule has 0 spiro atoms. The molecule has 1 aliphatic heterocycles. The summed E-state index contributed by atoms with van der Waals surface area (Å²) in [7, 11) is 0. The lowest BCUT2D eigenvalue weighted by Gasteiger charge is -2.65. The van der Waals surface area contributed by atoms with E-state index >= 15 is 0 Å². The first kappa shape index (κ1) is 21.9. The van der Waals surface area contributed by atoms with Crippen LogP contribution in [0.2, 0.25) is 0 Å². The number of carboxylic acid groups (broad SMARTS) is 1. The van der Waals surface area contributed by atoms with Gasteiger partial charge >= 0.3 is 5.97 Å². The lowest BCUT2D eigenvalue weighted by Crippen LogP contribution is -2.75. The zero-order valence-corrected chi connectivity index (χ0v) is 19.9. The van der Waals surface area contributed by atoms with Crippen LogP contribution in [0.5, 0.6) is 11.5 Å². The number of phenolic OH excluding ortho intramolecular Hbond substituents is 2. The average Bonchev–Trinajstić information content (AvgIpc) is 3.54. The van der Waals surface area contributed by atoms with Crippen LogP contribution in [0.25, 0.3) is 5.65 Å². The monoisotopic (exact) mass is 492 g/mol. The number of aromatic nitrogens is 3. The summed E-state index contributed by atoms with van der Waals surface area (Å²) in [5.74, 6) is -1.58. The average molecular weight is 493 g/mol. The molecule has 5 N–H and O–H groups in total. The summed E-state index contributed by atoms with van der Waals surface area (Å²) in [5, 5.41) is 46.7. The molecular weight excluding hydrogens is 464 g/mol. The number of aromatic carboxylic acids is 1. The Hall–Kier alpha value is -3.37. The number of nitrogens with one attached hydrogen (secondary N) is 1. The predicted octanol–water partition coefficient (Wildman–Crippen LogP) is 1.50. The smallest absolute Gasteiger partial charge is 0.341 e. The van der Waals surface area contributed by atoms with Gasteiger partial charge in [0, 0.05) is 47.7 Å². The third-order valence-corrected chi connectivity index (χ3v) is 9.46. The number of benzene rings is 1. The number of aromatic amines is 1. The van der Waals surface area contributed by atoms with Gasteiger partial charge in [0.1, 0.15) is 5.56 Å². The molecule has 1 aromatic carbocycles. The molecule has 7 rings (SSSR count). The van der Waals surface area contributed by atoms with E-state index in [0.29, 0.717) is 42.1 Å². The number of carboxylic acids is 1. The summed E-state index contributed by atoms with van der Waals surface area (Å²) in [6.07, 6.45) is 4.65. The Labute approximate surface area is 205 Å². The number of likely N-dealkylation sites (tertiary alicyclic amines) is 1. The normalized spacial score (nSPS) is 31.1. The highest BCUT2D eigenvalue weighted by Crippen LogP contribution is 2.64. The van der Waals surface area contributed by atoms with Crippen molar-refractivity contribution in [2.45, 2.75) is 62.0 Å². The van der Waals surface area contributed by atoms with E-state index < -0.39 is 28.5 Å². The molecular formula is C26H28N4O6. The maximum atomic E-state index is 13.6. The lowest BCUT2D eigenvalue weighted by atomic mass is 9.46. The number of fused-ring (bicyclic) bond motifs is 3. The molecule has 2 fully saturated rings. The molecule has 36 heavy (non-hydrogen) atoms. The number of aliphatic hydroxyl groups is 1. The molecule has 0 unspecified atom stereocenters. The summed E-state index contributed by atoms with van der Waals surface area (Å²) in [6.45, 7) is 3.49. The van der Waals surface area contributed by atoms with Crippen LogP contribution in [-0.4, -0.2) is 70.6 Å². The van der Waals surface area contributed by atoms with Crippen LogP contribution in [0.3, 0.4) is 0 Å². The Bertz CT molecular complexity index is 1520. The quantitative estimate of drug-likeness (QED) is 0.345. The Balaban J connectivity index is 1.52. The lowest BCUT2D eigenvalue weighted by molar-refractivity contribution is -0.160. The fraction of sp³-hybridized carbons (Fsp3) is 0.500. The number of H-pyrrole nitrogens is 1. The second-order valence-corrected chi connectivity index (χ2v) is 11.1. The summed E-state index contributed by atoms with van der Waals surface area (Å²) >= 11 is 0. The number of phenols is 2. The van der Waals surface area contributed by atoms with Gasteiger partial charge in [0.15, 0.2) is 17.1 Å². The fourth-order valence-corrected chi connectivity index (χ4v) is 7.61. The molecule has 1 saturated heterocycles. The van der Waals surface area contributed by atoms with Crippen molar-refractivity contribution >= 4 is 11.6 Å². The van der Waals surface area contributed by atoms with Gasteiger partial charge in [-0.1, -0.05) is 13.0 Å². The van der Waals surface area contributed by atoms with E-state index in [4.69, 9.17) is 0 Å². The van der Waals surface area contributed by atoms with E-state index in [-0.39, 0.29) is 35.2 Å². The third-order valence-electron chi connectivity index (χ3n) is 9.46. The van der Waals surface area contributed by atoms with E-state index in [2.05, 4.69) is 15.0 Å². The minimum absolute atomic E-state index is 0.0267. The van der Waals surface area contributed by atoms with Gasteiger partial charge in [0.2, 0.25) is 0 Å². The van der Waals surface area contributed by atoms with Crippen molar-refractivity contribution < 1.29 is 25.2 Å². The molecule has 3 heterocycles. The highest BCUT2D eigenvalue weighted by Gasteiger charge is 2.68. The molecule has 1 saturated carbocycles. The highest BCUT2D eigenvalue weighted by atomic mass is 16.4. The number of piperidine rings is 1. The third kappa shape index (κ3) is 2.50. The first-order valence-electron chi connectivity index (χ1n) is 12.5. The predicted molar refractivity (Wildman–Crippen MR) is 128 cm³/mol. The van der Waals surface area contributed by atoms with Gasteiger partial charge in [-0.2, -0.15) is 0 Å². The summed E-state index contributed by atoms with van der Waals surface area (Å²) in [5.41, 5.74) is -0.687. The zero-order chi connectivity index (χ0) is 25.1. The van der Waals surface area contributed by atoms with Crippen molar-refractivity contribution in [3.63, 3.8) is 0 Å². The van der Waals surface area contributed by atoms with Gasteiger partial charge in [0.05, 0.1) is 11.3 Å². The molecule has 10 nitrogen and oxygen atoms in total. The summed E-state index contributed by atoms with van der Waals surface area (Å²) in [4.78, 5) is 32.4. The van der Waals surface area contributed by atoms with Crippen LogP contribution in [0, 0.1) is 5.92 Å². The van der Waals surface area contributed by atoms with Gasteiger partial charge in [-0.05, 0) is 49.8 Å². The van der Waals surface area contributed by atoms with Gasteiger partial charge < -0.3 is 20.4 Å². The Kier molecular flexibility index (Phi) is 4.19. The van der Waals surface area contributed by atoms with Crippen molar-refractivity contribution in [1.29, 1.82) is 0 Å². The van der Waals surface area contributed by atoms with Crippen molar-refractivity contribution in [3.8, 4) is 11.5 Å². The molecule has 2 aromatic heterocycles. The molecule has 4 atom stereocenters. The second-order valence-electron chi connectivity index (χ2n) is 11.1. The van der Waals surface area contributed by atoms with Crippen molar-refractivity contribution in [2.24, 2.45) is 5.92 Å². The van der Waals surface area contributed by atoms with Crippen LogP contribution in [0.1, 0.15) is 64.8 Å². The van der Waals surface area contributed by atoms with E-state index in [1.165, 1.54) is 25.1 Å². The van der Waals surface area contributed by atoms with Gasteiger partial charge in [0.25, 0.3) is 5.56 Å². The van der Waals surface area contributed by atoms with E-state index in [1.54, 1.807) is 0 Å². The summed E-state index contributed by atoms with van der Waals surface area (Å²) < 4.78 is 1.13. The number of hydrogen-bond donors (Lipinski definition) is 5. The molecule has 188 valence electrons. The molecule has 0 radical (unpaired) electrons. The standard InChI is InChI=1S/C26H28N4O6/c1-12-20-15(23(33)30-22(28-20)16(10-27-30)24(34)35)9-26(36)18-8-14-4-5-17(31)21(32)19(14)25(12,26)6-7-29(18)11-13-2-3-13/h4-5,10,12-13,18,27,31-32,36H,2-3,6-9,11H2,1H3,(H,34,35)/t12-,18+,25+,26+/m0/s1. The Morgan fingerprint density at radius 1 is 1.28 bits per heavy atom. The molecule has 3 aromatic rings. The van der Waals surface area contributed by atoms with Gasteiger partial charge in [-0.3, -0.25) is 14.8 Å². The van der Waals surface area contributed by atoms with E-state index in [9.17, 15) is 30.0 Å². The fourth-order valence-electron chi connectivity index (χ4n) is 7.61. The van der Waals surface area contributed by atoms with Crippen LogP contribution < -0.4 is 5.56 Å². The van der Waals surface area contributed by atoms with Crippen LogP contribution in [0.15, 0.2) is 23.1 Å². The van der Waals surface area contributed by atoms with Crippen LogP contribution in [0.4, 0.5) is 0 Å². The van der Waals surface area contributed by atoms with Gasteiger partial charge in [-0.25, -0.2) is 14.3 Å². The van der Waals surface area contributed by atoms with E-state index in [0.717, 1.165) is 16.6 Å². The topological polar surface area (TPSA) is 151 Å². The number of hydrogen-bond acceptors (Lipinski definition) is 7. The molecule has 3 aliphatic carbocycles. The minimum Gasteiger partial charge on any atom is -0.504 e. The van der Waals surface area contributed by atoms with E-state index in [1.807, 2.05) is 13.0 Å². The molecule has 0 amide bonds. The SMILES string of the molecule is C[C@H]1c2nc3c(C(=O)O)c[nH]n3c(=O)c2C[C@@]2(O)[C@H]3Cc4ccc(O)c(O)c4[C@@]12CCN3CC1CC1. The van der Waals surface area contributed by atoms with Gasteiger partial charge in [-0.15, -0.1) is 0 Å². The number of rotatable bonds is 3. The maximum Gasteiger partial charge on any atom is 0.341 e. The van der Waals surface area contributed by atoms with Crippen molar-refractivity contribution in [1.82, 2.24) is 19.5 Å². The van der Waals surface area contributed by atoms with Crippen molar-refractivity contribution in [2.75, 3.05) is 13.1 Å². The molecule has 4 aliphatic rings. The highest BCUT2D eigenvalue weighted by molar-refractivity contribution is 5.94. The molecule has 2 bridgehead atoms. The minimum atomic E-state index is -1.39. The summed E-state index contributed by atoms with van der Waals surface area (Å²) in [6, 6.07) is 3.05. The first-order chi connectivity index (χ1) is 17.2. The number of carbonyl (C=O) groups is 1.